The van der Waals surface area contributed by atoms with E-state index in [2.05, 4.69) is 26.7 Å². The maximum atomic E-state index is 12.5. The molecule has 50 heavy (non-hydrogen) atoms. The third-order valence-electron chi connectivity index (χ3n) is 9.01. The van der Waals surface area contributed by atoms with Crippen LogP contribution in [0.1, 0.15) is 142 Å². The van der Waals surface area contributed by atoms with Crippen molar-refractivity contribution >= 4 is 19.6 Å². The molecule has 1 aromatic rings. The van der Waals surface area contributed by atoms with Gasteiger partial charge in [-0.15, -0.1) is 6.42 Å². The highest BCUT2D eigenvalue weighted by molar-refractivity contribution is 7.99. The van der Waals surface area contributed by atoms with Gasteiger partial charge in [-0.3, -0.25) is 23.4 Å². The summed E-state index contributed by atoms with van der Waals surface area (Å²) < 4.78 is 35.2. The minimum Gasteiger partial charge on any atom is -0.387 e. The van der Waals surface area contributed by atoms with Crippen molar-refractivity contribution in [3.63, 3.8) is 0 Å². The molecule has 288 valence electrons. The zero-order chi connectivity index (χ0) is 36.8. The summed E-state index contributed by atoms with van der Waals surface area (Å²) in [5.74, 6) is 3.25. The Morgan fingerprint density at radius 3 is 2.14 bits per heavy atom. The molecule has 1 aliphatic heterocycles. The molecule has 7 atom stereocenters. The number of hydrogen-bond donors (Lipinski definition) is 4. The molecule has 3 unspecified atom stereocenters. The van der Waals surface area contributed by atoms with Gasteiger partial charge in [-0.2, -0.15) is 11.8 Å². The molecule has 1 aromatic heterocycles. The Bertz CT molecular complexity index is 1270. The number of phosphoric ester groups is 1. The Morgan fingerprint density at radius 1 is 0.920 bits per heavy atom. The van der Waals surface area contributed by atoms with Crippen LogP contribution in [0.4, 0.5) is 0 Å². The minimum atomic E-state index is -4.53. The standard InChI is InChI=1S/C36H63N2O10PS/c1-5-8-10-12-13-14-15-16-18-20-25-50-31(22-19-17-11-9-6-2)28(4)45-23-21-24-46-49(43,44)47-27-30-32(39)33(40)35(48-30)38-26-29(7-3)34(41)37-36(38)42/h3,26,28,30-33,35,39-40H,5-6,8-25,27H2,1-2,4H3,(H,43,44)(H,37,41,42)/t28?,30-,31?,32-,33+,35-/m1/s1. The maximum Gasteiger partial charge on any atom is 0.472 e. The van der Waals surface area contributed by atoms with Crippen molar-refractivity contribution < 1.29 is 38.2 Å². The van der Waals surface area contributed by atoms with Crippen molar-refractivity contribution in [2.45, 2.75) is 166 Å². The molecule has 2 heterocycles. The second-order valence-electron chi connectivity index (χ2n) is 13.2. The van der Waals surface area contributed by atoms with Gasteiger partial charge in [-0.05, 0) is 31.9 Å². The van der Waals surface area contributed by atoms with Crippen LogP contribution in [0.3, 0.4) is 0 Å². The van der Waals surface area contributed by atoms with Gasteiger partial charge in [0.05, 0.1) is 19.3 Å². The molecule has 12 nitrogen and oxygen atoms in total. The van der Waals surface area contributed by atoms with Crippen LogP contribution in [-0.2, 0) is 23.1 Å². The van der Waals surface area contributed by atoms with E-state index in [-0.39, 0.29) is 18.3 Å². The van der Waals surface area contributed by atoms with Gasteiger partial charge in [-0.1, -0.05) is 110 Å². The third-order valence-corrected chi connectivity index (χ3v) is 11.6. The summed E-state index contributed by atoms with van der Waals surface area (Å²) in [7, 11) is -4.53. The van der Waals surface area contributed by atoms with Crippen LogP contribution in [0.25, 0.3) is 0 Å². The van der Waals surface area contributed by atoms with E-state index in [1.807, 2.05) is 16.7 Å². The molecule has 14 heteroatoms. The van der Waals surface area contributed by atoms with Crippen LogP contribution in [-0.4, -0.2) is 79.9 Å². The molecule has 1 fully saturated rings. The number of aliphatic hydroxyl groups is 2. The number of nitrogens with one attached hydrogen (secondary N) is 1. The molecular weight excluding hydrogens is 683 g/mol. The van der Waals surface area contributed by atoms with Crippen molar-refractivity contribution in [2.24, 2.45) is 0 Å². The summed E-state index contributed by atoms with van der Waals surface area (Å²) in [4.78, 5) is 36.2. The first-order valence-electron chi connectivity index (χ1n) is 18.7. The van der Waals surface area contributed by atoms with E-state index in [9.17, 15) is 29.3 Å². The number of ether oxygens (including phenoxy) is 2. The van der Waals surface area contributed by atoms with Crippen LogP contribution in [0, 0.1) is 12.3 Å². The molecule has 0 saturated carbocycles. The summed E-state index contributed by atoms with van der Waals surface area (Å²) in [6.07, 6.45) is 21.4. The zero-order valence-electron chi connectivity index (χ0n) is 30.5. The number of hydrogen-bond acceptors (Lipinski definition) is 10. The zero-order valence-corrected chi connectivity index (χ0v) is 32.2. The number of aromatic nitrogens is 2. The van der Waals surface area contributed by atoms with E-state index in [0.717, 1.165) is 22.9 Å². The Labute approximate surface area is 303 Å². The Balaban J connectivity index is 1.72. The predicted octanol–water partition coefficient (Wildman–Crippen LogP) is 6.45. The van der Waals surface area contributed by atoms with Gasteiger partial charge in [0.25, 0.3) is 5.56 Å². The fourth-order valence-electron chi connectivity index (χ4n) is 5.92. The highest BCUT2D eigenvalue weighted by Crippen LogP contribution is 2.44. The number of rotatable bonds is 29. The highest BCUT2D eigenvalue weighted by Gasteiger charge is 2.45. The molecule has 0 radical (unpaired) electrons. The molecule has 0 aliphatic carbocycles. The molecule has 1 aliphatic rings. The summed E-state index contributed by atoms with van der Waals surface area (Å²) in [6.45, 7) is 6.25. The second-order valence-corrected chi connectivity index (χ2v) is 16.0. The van der Waals surface area contributed by atoms with E-state index in [1.54, 1.807) is 0 Å². The fourth-order valence-corrected chi connectivity index (χ4v) is 8.05. The molecule has 0 spiro atoms. The highest BCUT2D eigenvalue weighted by atomic mass is 32.2. The van der Waals surface area contributed by atoms with Crippen molar-refractivity contribution in [3.05, 3.63) is 32.6 Å². The number of unbranched alkanes of at least 4 members (excludes halogenated alkanes) is 13. The van der Waals surface area contributed by atoms with Crippen LogP contribution in [0.15, 0.2) is 15.8 Å². The van der Waals surface area contributed by atoms with Gasteiger partial charge in [0.1, 0.15) is 23.9 Å². The van der Waals surface area contributed by atoms with Crippen LogP contribution >= 0.6 is 19.6 Å². The van der Waals surface area contributed by atoms with Crippen molar-refractivity contribution in [3.8, 4) is 12.3 Å². The third kappa shape index (κ3) is 16.9. The van der Waals surface area contributed by atoms with Gasteiger partial charge in [0.15, 0.2) is 6.23 Å². The Kier molecular flexibility index (Phi) is 22.8. The molecule has 1 saturated heterocycles. The Hall–Kier alpha value is -1.46. The topological polar surface area (TPSA) is 170 Å². The molecule has 0 amide bonds. The van der Waals surface area contributed by atoms with Crippen molar-refractivity contribution in [1.82, 2.24) is 9.55 Å². The number of aromatic amines is 1. The van der Waals surface area contributed by atoms with Gasteiger partial charge in [-0.25, -0.2) is 9.36 Å². The first-order valence-corrected chi connectivity index (χ1v) is 21.3. The van der Waals surface area contributed by atoms with E-state index >= 15 is 0 Å². The van der Waals surface area contributed by atoms with Crippen LogP contribution < -0.4 is 11.2 Å². The predicted molar refractivity (Wildman–Crippen MR) is 198 cm³/mol. The summed E-state index contributed by atoms with van der Waals surface area (Å²) in [5, 5.41) is 21.3. The SMILES string of the molecule is C#Cc1cn([C@@H]2O[C@H](COP(=O)(O)OCCCOC(C)C(CCCCCCC)SCCCCCCCCCCCC)[C@@H](O)[C@@H]2O)c(=O)[nH]c1=O. The molecule has 2 rings (SSSR count). The van der Waals surface area contributed by atoms with Gasteiger partial charge in [0, 0.05) is 18.1 Å². The number of aliphatic hydroxyl groups excluding tert-OH is 2. The van der Waals surface area contributed by atoms with E-state index < -0.39 is 50.2 Å². The molecule has 0 bridgehead atoms. The van der Waals surface area contributed by atoms with E-state index in [4.69, 9.17) is 24.9 Å². The average Bonchev–Trinajstić information content (AvgIpc) is 3.37. The number of H-pyrrole nitrogens is 1. The van der Waals surface area contributed by atoms with Crippen molar-refractivity contribution in [2.75, 3.05) is 25.6 Å². The van der Waals surface area contributed by atoms with E-state index in [0.29, 0.717) is 18.3 Å². The average molecular weight is 747 g/mol. The molecule has 0 aromatic carbocycles. The molecule has 4 N–H and O–H groups in total. The lowest BCUT2D eigenvalue weighted by Gasteiger charge is -2.24. The minimum absolute atomic E-state index is 0.0403. The lowest BCUT2D eigenvalue weighted by atomic mass is 10.1. The summed E-state index contributed by atoms with van der Waals surface area (Å²) in [5.41, 5.74) is -1.87. The Morgan fingerprint density at radius 2 is 1.52 bits per heavy atom. The van der Waals surface area contributed by atoms with Gasteiger partial charge in [0.2, 0.25) is 0 Å². The molecular formula is C36H63N2O10PS. The van der Waals surface area contributed by atoms with Crippen LogP contribution in [0.2, 0.25) is 0 Å². The van der Waals surface area contributed by atoms with Crippen LogP contribution in [0.5, 0.6) is 0 Å². The maximum absolute atomic E-state index is 12.5. The van der Waals surface area contributed by atoms with Gasteiger partial charge < -0.3 is 24.6 Å². The number of thioether (sulfide) groups is 1. The first kappa shape index (κ1) is 44.7. The van der Waals surface area contributed by atoms with Crippen molar-refractivity contribution in [1.29, 1.82) is 0 Å². The normalized spacial score (nSPS) is 21.5. The monoisotopic (exact) mass is 746 g/mol. The van der Waals surface area contributed by atoms with E-state index in [1.165, 1.54) is 96.3 Å². The lowest BCUT2D eigenvalue weighted by Crippen LogP contribution is -2.38. The summed E-state index contributed by atoms with van der Waals surface area (Å²) in [6, 6.07) is 0. The number of terminal acetylenes is 1. The fraction of sp³-hybridized carbons (Fsp3) is 0.833. The number of phosphoric acid groups is 1. The smallest absolute Gasteiger partial charge is 0.387 e. The summed E-state index contributed by atoms with van der Waals surface area (Å²) >= 11 is 2.01. The largest absolute Gasteiger partial charge is 0.472 e. The quantitative estimate of drug-likeness (QED) is 0.0404. The van der Waals surface area contributed by atoms with Gasteiger partial charge >= 0.3 is 13.5 Å². The lowest BCUT2D eigenvalue weighted by molar-refractivity contribution is -0.0554. The number of nitrogens with zero attached hydrogens (tertiary/aromatic N) is 1. The first-order chi connectivity index (χ1) is 24.0. The second kappa shape index (κ2) is 25.5.